The Morgan fingerprint density at radius 1 is 0.903 bits per heavy atom. The van der Waals surface area contributed by atoms with Crippen LogP contribution in [-0.2, 0) is 9.59 Å². The molecule has 5 heteroatoms. The number of hydrogen-bond donors (Lipinski definition) is 0. The molecule has 1 heterocycles. The van der Waals surface area contributed by atoms with Crippen molar-refractivity contribution in [3.8, 4) is 5.75 Å². The number of benzene rings is 3. The molecular formula is C26H20ClNO3. The summed E-state index contributed by atoms with van der Waals surface area (Å²) in [7, 11) is 1.53. The summed E-state index contributed by atoms with van der Waals surface area (Å²) in [6.07, 6.45) is 0. The number of amides is 2. The van der Waals surface area contributed by atoms with Gasteiger partial charge in [0.05, 0.1) is 24.1 Å². The monoisotopic (exact) mass is 429 g/mol. The van der Waals surface area contributed by atoms with Gasteiger partial charge in [-0.3, -0.25) is 9.59 Å². The molecule has 154 valence electrons. The molecule has 7 rings (SSSR count). The van der Waals surface area contributed by atoms with Crippen LogP contribution in [0.25, 0.3) is 0 Å². The third-order valence-electron chi connectivity index (χ3n) is 7.40. The first-order valence-corrected chi connectivity index (χ1v) is 10.8. The van der Waals surface area contributed by atoms with Gasteiger partial charge < -0.3 is 4.74 Å². The van der Waals surface area contributed by atoms with Crippen LogP contribution in [0.4, 0.5) is 5.69 Å². The molecule has 4 aliphatic rings. The summed E-state index contributed by atoms with van der Waals surface area (Å²) in [5.74, 6) is -0.737. The highest BCUT2D eigenvalue weighted by molar-refractivity contribution is 6.32. The fraction of sp³-hybridized carbons (Fsp3) is 0.231. The molecule has 2 atom stereocenters. The molecule has 1 aliphatic heterocycles. The Morgan fingerprint density at radius 3 is 2.06 bits per heavy atom. The van der Waals surface area contributed by atoms with E-state index in [-0.39, 0.29) is 23.7 Å². The van der Waals surface area contributed by atoms with E-state index in [0.29, 0.717) is 16.5 Å². The van der Waals surface area contributed by atoms with Gasteiger partial charge in [0.15, 0.2) is 0 Å². The molecule has 3 aromatic rings. The van der Waals surface area contributed by atoms with Crippen LogP contribution in [-0.4, -0.2) is 18.9 Å². The fourth-order valence-corrected chi connectivity index (χ4v) is 6.35. The van der Waals surface area contributed by atoms with E-state index < -0.39 is 11.3 Å². The minimum Gasteiger partial charge on any atom is -0.495 e. The summed E-state index contributed by atoms with van der Waals surface area (Å²) >= 11 is 6.25. The first-order chi connectivity index (χ1) is 15.0. The Labute approximate surface area is 185 Å². The maximum absolute atomic E-state index is 14.1. The summed E-state index contributed by atoms with van der Waals surface area (Å²) in [4.78, 5) is 29.3. The number of imide groups is 1. The number of carbonyl (C=O) groups excluding carboxylic acids is 2. The van der Waals surface area contributed by atoms with Crippen molar-refractivity contribution in [1.82, 2.24) is 0 Å². The number of ether oxygens (including phenoxy) is 1. The first-order valence-electron chi connectivity index (χ1n) is 10.4. The maximum Gasteiger partial charge on any atom is 0.241 e. The van der Waals surface area contributed by atoms with Crippen molar-refractivity contribution >= 4 is 29.1 Å². The summed E-state index contributed by atoms with van der Waals surface area (Å²) in [5.41, 5.74) is 4.12. The number of nitrogens with zero attached hydrogens (tertiary/aromatic N) is 1. The van der Waals surface area contributed by atoms with Gasteiger partial charge in [0.1, 0.15) is 5.75 Å². The van der Waals surface area contributed by atoms with Gasteiger partial charge in [0, 0.05) is 16.9 Å². The highest BCUT2D eigenvalue weighted by Crippen LogP contribution is 2.67. The topological polar surface area (TPSA) is 46.6 Å². The van der Waals surface area contributed by atoms with Gasteiger partial charge in [0.25, 0.3) is 0 Å². The Bertz CT molecular complexity index is 1240. The highest BCUT2D eigenvalue weighted by atomic mass is 35.5. The Kier molecular flexibility index (Phi) is 3.73. The predicted octanol–water partition coefficient (Wildman–Crippen LogP) is 5.14. The summed E-state index contributed by atoms with van der Waals surface area (Å²) in [6.45, 7) is 1.96. The fourth-order valence-electron chi connectivity index (χ4n) is 6.18. The lowest BCUT2D eigenvalue weighted by atomic mass is 9.48. The lowest BCUT2D eigenvalue weighted by Crippen LogP contribution is -2.49. The van der Waals surface area contributed by atoms with Crippen molar-refractivity contribution in [2.75, 3.05) is 12.0 Å². The van der Waals surface area contributed by atoms with Crippen LogP contribution >= 0.6 is 11.6 Å². The number of methoxy groups -OCH3 is 1. The number of carbonyl (C=O) groups is 2. The maximum atomic E-state index is 14.1. The van der Waals surface area contributed by atoms with Crippen LogP contribution in [0.3, 0.4) is 0 Å². The van der Waals surface area contributed by atoms with Crippen LogP contribution in [0.15, 0.2) is 66.7 Å². The normalized spacial score (nSPS) is 27.7. The zero-order chi connectivity index (χ0) is 21.5. The smallest absolute Gasteiger partial charge is 0.241 e. The summed E-state index contributed by atoms with van der Waals surface area (Å²) in [5, 5.41) is 0.450. The Balaban J connectivity index is 1.62. The van der Waals surface area contributed by atoms with Gasteiger partial charge in [-0.1, -0.05) is 60.1 Å². The van der Waals surface area contributed by atoms with Crippen molar-refractivity contribution < 1.29 is 14.3 Å². The first kappa shape index (κ1) is 18.6. The molecule has 0 unspecified atom stereocenters. The van der Waals surface area contributed by atoms with Crippen LogP contribution in [0.2, 0.25) is 5.02 Å². The SMILES string of the molecule is COc1ccc(Cl)cc1N1C(=O)[C@H]2C3c4ccccc4C(c4ccccc43)[C@]2(C)C1=O. The van der Waals surface area contributed by atoms with Crippen LogP contribution in [0.1, 0.15) is 41.0 Å². The molecule has 31 heavy (non-hydrogen) atoms. The third-order valence-corrected chi connectivity index (χ3v) is 7.63. The molecule has 0 N–H and O–H groups in total. The standard InChI is InChI=1S/C26H20ClNO3/c1-26-22-17-9-5-3-7-15(17)21(16-8-4-6-10-18(16)22)23(26)24(29)28(25(26)30)19-13-14(27)11-12-20(19)31-2/h3-13,21-23H,1-2H3/t21?,22?,23-,26+/m1/s1. The third kappa shape index (κ3) is 2.16. The van der Waals surface area contributed by atoms with Crippen molar-refractivity contribution in [3.63, 3.8) is 0 Å². The van der Waals surface area contributed by atoms with E-state index in [0.717, 1.165) is 22.3 Å². The average molecular weight is 430 g/mol. The second-order valence-corrected chi connectivity index (χ2v) is 9.16. The van der Waals surface area contributed by atoms with Gasteiger partial charge in [-0.15, -0.1) is 0 Å². The molecule has 0 radical (unpaired) electrons. The number of anilines is 1. The van der Waals surface area contributed by atoms with Gasteiger partial charge in [-0.05, 0) is 47.4 Å². The lowest BCUT2D eigenvalue weighted by molar-refractivity contribution is -0.128. The molecular weight excluding hydrogens is 410 g/mol. The van der Waals surface area contributed by atoms with E-state index in [9.17, 15) is 9.59 Å². The Hall–Kier alpha value is -3.11. The van der Waals surface area contributed by atoms with Crippen molar-refractivity contribution in [1.29, 1.82) is 0 Å². The zero-order valence-corrected chi connectivity index (χ0v) is 17.9. The van der Waals surface area contributed by atoms with Gasteiger partial charge in [0.2, 0.25) is 11.8 Å². The quantitative estimate of drug-likeness (QED) is 0.530. The summed E-state index contributed by atoms with van der Waals surface area (Å²) < 4.78 is 5.48. The van der Waals surface area contributed by atoms with Crippen LogP contribution < -0.4 is 9.64 Å². The molecule has 2 amide bonds. The predicted molar refractivity (Wildman–Crippen MR) is 119 cm³/mol. The number of hydrogen-bond acceptors (Lipinski definition) is 3. The second-order valence-electron chi connectivity index (χ2n) is 8.72. The second kappa shape index (κ2) is 6.21. The van der Waals surface area contributed by atoms with E-state index in [2.05, 4.69) is 24.3 Å². The molecule has 0 aromatic heterocycles. The van der Waals surface area contributed by atoms with Crippen molar-refractivity contribution in [3.05, 3.63) is 94.0 Å². The molecule has 3 aliphatic carbocycles. The van der Waals surface area contributed by atoms with Crippen LogP contribution in [0, 0.1) is 11.3 Å². The molecule has 1 saturated heterocycles. The summed E-state index contributed by atoms with van der Waals surface area (Å²) in [6, 6.07) is 21.5. The van der Waals surface area contributed by atoms with Gasteiger partial charge in [-0.25, -0.2) is 4.90 Å². The van der Waals surface area contributed by atoms with Gasteiger partial charge in [-0.2, -0.15) is 0 Å². The average Bonchev–Trinajstić information content (AvgIpc) is 2.99. The van der Waals surface area contributed by atoms with E-state index in [1.54, 1.807) is 18.2 Å². The molecule has 2 bridgehead atoms. The van der Waals surface area contributed by atoms with Crippen molar-refractivity contribution in [2.24, 2.45) is 11.3 Å². The molecule has 1 fully saturated rings. The van der Waals surface area contributed by atoms with E-state index in [1.165, 1.54) is 12.0 Å². The molecule has 4 nitrogen and oxygen atoms in total. The molecule has 0 saturated carbocycles. The van der Waals surface area contributed by atoms with Gasteiger partial charge >= 0.3 is 0 Å². The van der Waals surface area contributed by atoms with E-state index in [1.807, 2.05) is 31.2 Å². The van der Waals surface area contributed by atoms with E-state index in [4.69, 9.17) is 16.3 Å². The minimum atomic E-state index is -0.877. The molecule has 3 aromatic carbocycles. The lowest BCUT2D eigenvalue weighted by Gasteiger charge is -2.51. The number of rotatable bonds is 2. The Morgan fingerprint density at radius 2 is 1.48 bits per heavy atom. The van der Waals surface area contributed by atoms with Crippen LogP contribution in [0.5, 0.6) is 5.75 Å². The van der Waals surface area contributed by atoms with E-state index >= 15 is 0 Å². The minimum absolute atomic E-state index is 0.158. The zero-order valence-electron chi connectivity index (χ0n) is 17.1. The van der Waals surface area contributed by atoms with Crippen molar-refractivity contribution in [2.45, 2.75) is 18.8 Å². The molecule has 0 spiro atoms. The largest absolute Gasteiger partial charge is 0.495 e. The number of halogens is 1. The highest BCUT2D eigenvalue weighted by Gasteiger charge is 2.69.